The van der Waals surface area contributed by atoms with Crippen molar-refractivity contribution >= 4 is 45.4 Å². The second-order valence-electron chi connectivity index (χ2n) is 6.52. The van der Waals surface area contributed by atoms with E-state index < -0.39 is 5.97 Å². The van der Waals surface area contributed by atoms with Crippen molar-refractivity contribution in [3.8, 4) is 0 Å². The quantitative estimate of drug-likeness (QED) is 0.544. The molecule has 0 spiro atoms. The van der Waals surface area contributed by atoms with Crippen molar-refractivity contribution in [3.63, 3.8) is 0 Å². The van der Waals surface area contributed by atoms with Gasteiger partial charge in [0.25, 0.3) is 5.91 Å². The van der Waals surface area contributed by atoms with E-state index in [4.69, 9.17) is 5.11 Å². The molecule has 148 valence electrons. The molecule has 7 heteroatoms. The summed E-state index contributed by atoms with van der Waals surface area (Å²) in [6.07, 6.45) is 1.59. The number of carboxylic acids is 1. The van der Waals surface area contributed by atoms with Crippen LogP contribution in [0.3, 0.4) is 0 Å². The Kier molecular flexibility index (Phi) is 5.29. The van der Waals surface area contributed by atoms with E-state index in [0.29, 0.717) is 22.6 Å². The molecule has 1 heterocycles. The fourth-order valence-corrected chi connectivity index (χ4v) is 3.28. The molecule has 1 amide bonds. The summed E-state index contributed by atoms with van der Waals surface area (Å²) in [6, 6.07) is 19.1. The number of hydrogen-bond donors (Lipinski definition) is 1. The van der Waals surface area contributed by atoms with Crippen LogP contribution in [0.5, 0.6) is 0 Å². The largest absolute Gasteiger partial charge is 0.478 e. The lowest BCUT2D eigenvalue weighted by molar-refractivity contribution is -0.113. The number of carboxylic acid groups (broad SMARTS) is 1. The zero-order valence-corrected chi connectivity index (χ0v) is 17.0. The Bertz CT molecular complexity index is 1180. The van der Waals surface area contributed by atoms with Crippen LogP contribution in [0.15, 0.2) is 88.0 Å². The van der Waals surface area contributed by atoms with Crippen molar-refractivity contribution in [1.82, 2.24) is 0 Å². The number of aromatic carboxylic acids is 1. The van der Waals surface area contributed by atoms with Gasteiger partial charge in [0.1, 0.15) is 17.3 Å². The van der Waals surface area contributed by atoms with Crippen LogP contribution in [-0.4, -0.2) is 22.8 Å². The molecule has 0 saturated heterocycles. The van der Waals surface area contributed by atoms with Gasteiger partial charge in [-0.3, -0.25) is 9.69 Å². The third-order valence-corrected chi connectivity index (χ3v) is 5.04. The monoisotopic (exact) mass is 464 g/mol. The second kappa shape index (κ2) is 8.04. The van der Waals surface area contributed by atoms with Gasteiger partial charge in [0.05, 0.1) is 11.3 Å². The second-order valence-corrected chi connectivity index (χ2v) is 7.43. The number of amides is 1. The molecule has 0 radical (unpaired) electrons. The number of aliphatic imine (C=N–C) groups is 1. The highest BCUT2D eigenvalue weighted by Gasteiger charge is 2.32. The smallest absolute Gasteiger partial charge is 0.335 e. The van der Waals surface area contributed by atoms with E-state index in [-0.39, 0.29) is 23.0 Å². The number of rotatable bonds is 4. The van der Waals surface area contributed by atoms with Gasteiger partial charge in [-0.15, -0.1) is 0 Å². The molecule has 0 unspecified atom stereocenters. The standard InChI is InChI=1S/C23H14BrFN2O3/c24-17-7-11-19(12-8-17)27-21(15-5-9-18(25)10-6-15)26-20(22(27)28)13-14-1-3-16(4-2-14)23(29)30/h1-13H,(H,29,30)/b20-13+. The highest BCUT2D eigenvalue weighted by atomic mass is 79.9. The van der Waals surface area contributed by atoms with E-state index in [9.17, 15) is 14.0 Å². The first kappa shape index (κ1) is 19.7. The molecular weight excluding hydrogens is 451 g/mol. The van der Waals surface area contributed by atoms with Crippen molar-refractivity contribution in [3.05, 3.63) is 105 Å². The Balaban J connectivity index is 1.78. The predicted octanol–water partition coefficient (Wildman–Crippen LogP) is 5.12. The van der Waals surface area contributed by atoms with Gasteiger partial charge >= 0.3 is 5.97 Å². The molecule has 0 aromatic heterocycles. The SMILES string of the molecule is O=C(O)c1ccc(/C=C2/N=C(c3ccc(F)cc3)N(c3ccc(Br)cc3)C2=O)cc1. The fraction of sp³-hybridized carbons (Fsp3) is 0. The number of halogens is 2. The maximum absolute atomic E-state index is 13.4. The van der Waals surface area contributed by atoms with Crippen LogP contribution in [-0.2, 0) is 4.79 Å². The van der Waals surface area contributed by atoms with E-state index in [1.165, 1.54) is 29.2 Å². The Hall–Kier alpha value is -3.58. The molecule has 0 bridgehead atoms. The first-order chi connectivity index (χ1) is 14.4. The Labute approximate surface area is 179 Å². The Morgan fingerprint density at radius 2 is 1.60 bits per heavy atom. The Morgan fingerprint density at radius 1 is 0.967 bits per heavy atom. The summed E-state index contributed by atoms with van der Waals surface area (Å²) in [5.74, 6) is -1.35. The number of carbonyl (C=O) groups is 2. The minimum atomic E-state index is -1.02. The molecular formula is C23H14BrFN2O3. The molecule has 1 N–H and O–H groups in total. The van der Waals surface area contributed by atoms with E-state index in [2.05, 4.69) is 20.9 Å². The molecule has 4 rings (SSSR count). The molecule has 3 aromatic carbocycles. The summed E-state index contributed by atoms with van der Waals surface area (Å²) in [5, 5.41) is 9.03. The van der Waals surface area contributed by atoms with Crippen molar-refractivity contribution in [2.24, 2.45) is 4.99 Å². The zero-order valence-electron chi connectivity index (χ0n) is 15.4. The molecule has 0 saturated carbocycles. The zero-order chi connectivity index (χ0) is 21.3. The number of anilines is 1. The summed E-state index contributed by atoms with van der Waals surface area (Å²) < 4.78 is 14.3. The molecule has 5 nitrogen and oxygen atoms in total. The van der Waals surface area contributed by atoms with E-state index in [1.807, 2.05) is 12.1 Å². The maximum atomic E-state index is 13.4. The van der Waals surface area contributed by atoms with Crippen LogP contribution in [0.25, 0.3) is 6.08 Å². The topological polar surface area (TPSA) is 70.0 Å². The fourth-order valence-electron chi connectivity index (χ4n) is 3.02. The summed E-state index contributed by atoms with van der Waals surface area (Å²) >= 11 is 3.38. The highest BCUT2D eigenvalue weighted by molar-refractivity contribution is 9.10. The number of benzene rings is 3. The van der Waals surface area contributed by atoms with Gasteiger partial charge in [-0.1, -0.05) is 28.1 Å². The van der Waals surface area contributed by atoms with Crippen LogP contribution in [0.1, 0.15) is 21.5 Å². The Morgan fingerprint density at radius 3 is 2.20 bits per heavy atom. The molecule has 1 aliphatic rings. The lowest BCUT2D eigenvalue weighted by atomic mass is 10.1. The van der Waals surface area contributed by atoms with Crippen LogP contribution in [0.4, 0.5) is 10.1 Å². The van der Waals surface area contributed by atoms with Crippen molar-refractivity contribution in [2.75, 3.05) is 4.90 Å². The van der Waals surface area contributed by atoms with Gasteiger partial charge in [-0.25, -0.2) is 14.2 Å². The summed E-state index contributed by atoms with van der Waals surface area (Å²) in [6.45, 7) is 0. The van der Waals surface area contributed by atoms with Crippen LogP contribution in [0.2, 0.25) is 0 Å². The minimum absolute atomic E-state index is 0.155. The lowest BCUT2D eigenvalue weighted by Crippen LogP contribution is -2.32. The minimum Gasteiger partial charge on any atom is -0.478 e. The first-order valence-corrected chi connectivity index (χ1v) is 9.71. The van der Waals surface area contributed by atoms with Crippen LogP contribution >= 0.6 is 15.9 Å². The van der Waals surface area contributed by atoms with Crippen LogP contribution < -0.4 is 4.90 Å². The lowest BCUT2D eigenvalue weighted by Gasteiger charge is -2.18. The summed E-state index contributed by atoms with van der Waals surface area (Å²) in [4.78, 5) is 30.2. The number of amidine groups is 1. The van der Waals surface area contributed by atoms with E-state index in [1.54, 1.807) is 42.5 Å². The van der Waals surface area contributed by atoms with Gasteiger partial charge in [0, 0.05) is 10.0 Å². The molecule has 0 atom stereocenters. The number of nitrogens with zero attached hydrogens (tertiary/aromatic N) is 2. The van der Waals surface area contributed by atoms with Gasteiger partial charge in [-0.05, 0) is 72.3 Å². The van der Waals surface area contributed by atoms with E-state index >= 15 is 0 Å². The average molecular weight is 465 g/mol. The number of hydrogen-bond acceptors (Lipinski definition) is 3. The highest BCUT2D eigenvalue weighted by Crippen LogP contribution is 2.29. The molecule has 1 aliphatic heterocycles. The predicted molar refractivity (Wildman–Crippen MR) is 116 cm³/mol. The number of carbonyl (C=O) groups excluding carboxylic acids is 1. The summed E-state index contributed by atoms with van der Waals surface area (Å²) in [7, 11) is 0. The average Bonchev–Trinajstić information content (AvgIpc) is 3.06. The summed E-state index contributed by atoms with van der Waals surface area (Å²) in [5.41, 5.74) is 2.21. The van der Waals surface area contributed by atoms with Crippen molar-refractivity contribution in [2.45, 2.75) is 0 Å². The third-order valence-electron chi connectivity index (χ3n) is 4.51. The molecule has 3 aromatic rings. The third kappa shape index (κ3) is 3.92. The van der Waals surface area contributed by atoms with Gasteiger partial charge in [0.2, 0.25) is 0 Å². The molecule has 0 aliphatic carbocycles. The molecule has 30 heavy (non-hydrogen) atoms. The van der Waals surface area contributed by atoms with Crippen molar-refractivity contribution in [1.29, 1.82) is 0 Å². The maximum Gasteiger partial charge on any atom is 0.335 e. The van der Waals surface area contributed by atoms with Gasteiger partial charge in [-0.2, -0.15) is 0 Å². The van der Waals surface area contributed by atoms with Crippen molar-refractivity contribution < 1.29 is 19.1 Å². The van der Waals surface area contributed by atoms with Crippen LogP contribution in [0, 0.1) is 5.82 Å². The molecule has 0 fully saturated rings. The van der Waals surface area contributed by atoms with E-state index in [0.717, 1.165) is 4.47 Å². The van der Waals surface area contributed by atoms with Gasteiger partial charge < -0.3 is 5.11 Å². The first-order valence-electron chi connectivity index (χ1n) is 8.92. The van der Waals surface area contributed by atoms with Gasteiger partial charge in [0.15, 0.2) is 0 Å². The normalized spacial score (nSPS) is 14.9.